The van der Waals surface area contributed by atoms with Crippen LogP contribution >= 0.6 is 0 Å². The summed E-state index contributed by atoms with van der Waals surface area (Å²) in [4.78, 5) is 11.8. The van der Waals surface area contributed by atoms with Crippen molar-refractivity contribution in [2.24, 2.45) is 0 Å². The summed E-state index contributed by atoms with van der Waals surface area (Å²) in [6.45, 7) is 3.56. The Morgan fingerprint density at radius 1 is 1.35 bits per heavy atom. The molecule has 2 rings (SSSR count). The molecule has 1 aromatic rings. The van der Waals surface area contributed by atoms with Gasteiger partial charge in [-0.15, -0.1) is 0 Å². The minimum absolute atomic E-state index is 0.0340. The largest absolute Gasteiger partial charge is 0.493 e. The van der Waals surface area contributed by atoms with Gasteiger partial charge in [0.2, 0.25) is 0 Å². The zero-order chi connectivity index (χ0) is 16.5. The third-order valence-corrected chi connectivity index (χ3v) is 3.58. The first-order valence-corrected chi connectivity index (χ1v) is 8.00. The van der Waals surface area contributed by atoms with E-state index in [2.05, 4.69) is 0 Å². The Morgan fingerprint density at radius 2 is 2.22 bits per heavy atom. The number of hydrogen-bond acceptors (Lipinski definition) is 5. The summed E-state index contributed by atoms with van der Waals surface area (Å²) in [6.07, 6.45) is 6.31. The van der Waals surface area contributed by atoms with Crippen LogP contribution in [0.4, 0.5) is 0 Å². The molecule has 0 radical (unpaired) electrons. The molecule has 0 amide bonds. The molecule has 1 aliphatic rings. The highest BCUT2D eigenvalue weighted by atomic mass is 16.6. The Labute approximate surface area is 137 Å². The average Bonchev–Trinajstić information content (AvgIpc) is 2.60. The van der Waals surface area contributed by atoms with Crippen molar-refractivity contribution in [3.8, 4) is 11.5 Å². The molecule has 23 heavy (non-hydrogen) atoms. The Bertz CT molecular complexity index is 532. The molecule has 0 saturated carbocycles. The second-order valence-corrected chi connectivity index (χ2v) is 5.30. The van der Waals surface area contributed by atoms with Crippen LogP contribution in [0.15, 0.2) is 24.3 Å². The number of ether oxygens (including phenoxy) is 4. The maximum absolute atomic E-state index is 11.8. The van der Waals surface area contributed by atoms with Gasteiger partial charge in [0.1, 0.15) is 6.61 Å². The molecule has 1 saturated heterocycles. The lowest BCUT2D eigenvalue weighted by atomic mass is 10.1. The lowest BCUT2D eigenvalue weighted by Gasteiger charge is -2.21. The predicted molar refractivity (Wildman–Crippen MR) is 87.7 cm³/mol. The third kappa shape index (κ3) is 5.60. The van der Waals surface area contributed by atoms with Gasteiger partial charge in [-0.3, -0.25) is 0 Å². The minimum Gasteiger partial charge on any atom is -0.493 e. The van der Waals surface area contributed by atoms with E-state index >= 15 is 0 Å². The Kier molecular flexibility index (Phi) is 6.94. The first-order chi connectivity index (χ1) is 11.2. The van der Waals surface area contributed by atoms with Crippen molar-refractivity contribution in [1.29, 1.82) is 0 Å². The lowest BCUT2D eigenvalue weighted by molar-refractivity contribution is -0.143. The lowest BCUT2D eigenvalue weighted by Crippen LogP contribution is -2.25. The molecule has 0 bridgehead atoms. The van der Waals surface area contributed by atoms with Crippen LogP contribution in [-0.2, 0) is 14.3 Å². The first-order valence-electron chi connectivity index (χ1n) is 8.00. The first kappa shape index (κ1) is 17.3. The van der Waals surface area contributed by atoms with E-state index in [-0.39, 0.29) is 12.1 Å². The molecule has 1 atom stereocenters. The van der Waals surface area contributed by atoms with E-state index in [1.807, 2.05) is 25.1 Å². The Balaban J connectivity index is 1.87. The van der Waals surface area contributed by atoms with Crippen molar-refractivity contribution in [1.82, 2.24) is 0 Å². The second-order valence-electron chi connectivity index (χ2n) is 5.30. The zero-order valence-electron chi connectivity index (χ0n) is 13.7. The predicted octanol–water partition coefficient (Wildman–Crippen LogP) is 3.22. The van der Waals surface area contributed by atoms with Gasteiger partial charge in [0.15, 0.2) is 11.5 Å². The maximum Gasteiger partial charge on any atom is 0.330 e. The molecule has 1 unspecified atom stereocenters. The molecule has 0 N–H and O–H groups in total. The number of methoxy groups -OCH3 is 1. The highest BCUT2D eigenvalue weighted by Gasteiger charge is 2.15. The summed E-state index contributed by atoms with van der Waals surface area (Å²) in [5, 5.41) is 0. The van der Waals surface area contributed by atoms with Crippen LogP contribution in [0.5, 0.6) is 11.5 Å². The van der Waals surface area contributed by atoms with E-state index in [9.17, 15) is 4.79 Å². The molecular weight excluding hydrogens is 296 g/mol. The molecule has 1 aromatic carbocycles. The number of carbonyl (C=O) groups is 1. The average molecular weight is 320 g/mol. The third-order valence-electron chi connectivity index (χ3n) is 3.58. The van der Waals surface area contributed by atoms with Crippen molar-refractivity contribution < 1.29 is 23.7 Å². The van der Waals surface area contributed by atoms with Crippen molar-refractivity contribution in [2.75, 3.05) is 26.9 Å². The van der Waals surface area contributed by atoms with Crippen LogP contribution in [0.25, 0.3) is 6.08 Å². The van der Waals surface area contributed by atoms with E-state index in [0.717, 1.165) is 31.4 Å². The van der Waals surface area contributed by atoms with E-state index < -0.39 is 0 Å². The Hall–Kier alpha value is -2.01. The van der Waals surface area contributed by atoms with Gasteiger partial charge in [0, 0.05) is 12.7 Å². The van der Waals surface area contributed by atoms with Gasteiger partial charge in [-0.2, -0.15) is 0 Å². The summed E-state index contributed by atoms with van der Waals surface area (Å²) in [5.74, 6) is 0.953. The summed E-state index contributed by atoms with van der Waals surface area (Å²) < 4.78 is 21.5. The quantitative estimate of drug-likeness (QED) is 0.570. The minimum atomic E-state index is -0.368. The summed E-state index contributed by atoms with van der Waals surface area (Å²) in [7, 11) is 1.59. The summed E-state index contributed by atoms with van der Waals surface area (Å²) >= 11 is 0. The molecule has 5 heteroatoms. The molecule has 5 nitrogen and oxygen atoms in total. The van der Waals surface area contributed by atoms with E-state index in [0.29, 0.717) is 24.7 Å². The molecule has 0 aliphatic carbocycles. The normalized spacial score (nSPS) is 17.9. The van der Waals surface area contributed by atoms with Gasteiger partial charge in [0.25, 0.3) is 0 Å². The van der Waals surface area contributed by atoms with E-state index in [1.54, 1.807) is 13.2 Å². The van der Waals surface area contributed by atoms with Crippen molar-refractivity contribution in [2.45, 2.75) is 32.3 Å². The van der Waals surface area contributed by atoms with Crippen molar-refractivity contribution >= 4 is 12.0 Å². The Morgan fingerprint density at radius 3 is 2.91 bits per heavy atom. The molecule has 1 fully saturated rings. The van der Waals surface area contributed by atoms with Gasteiger partial charge >= 0.3 is 5.97 Å². The molecular formula is C18H24O5. The fourth-order valence-electron chi connectivity index (χ4n) is 2.39. The number of carbonyl (C=O) groups excluding carboxylic acids is 1. The smallest absolute Gasteiger partial charge is 0.330 e. The van der Waals surface area contributed by atoms with E-state index in [4.69, 9.17) is 18.9 Å². The zero-order valence-corrected chi connectivity index (χ0v) is 13.7. The summed E-state index contributed by atoms with van der Waals surface area (Å²) in [6, 6.07) is 5.50. The molecule has 0 spiro atoms. The molecule has 1 aliphatic heterocycles. The van der Waals surface area contributed by atoms with Crippen LogP contribution in [-0.4, -0.2) is 39.0 Å². The highest BCUT2D eigenvalue weighted by molar-refractivity contribution is 5.87. The van der Waals surface area contributed by atoms with Crippen molar-refractivity contribution in [3.05, 3.63) is 29.8 Å². The van der Waals surface area contributed by atoms with Crippen LogP contribution in [0.3, 0.4) is 0 Å². The van der Waals surface area contributed by atoms with Gasteiger partial charge in [-0.25, -0.2) is 4.79 Å². The fourth-order valence-corrected chi connectivity index (χ4v) is 2.39. The number of esters is 1. The van der Waals surface area contributed by atoms with Crippen LogP contribution in [0.2, 0.25) is 0 Å². The standard InChI is InChI=1S/C18H24O5/c1-3-21-16-9-7-14(12-17(16)20-2)8-10-18(19)23-13-15-6-4-5-11-22-15/h7-10,12,15H,3-6,11,13H2,1-2H3/b10-8+. The van der Waals surface area contributed by atoms with Crippen molar-refractivity contribution in [3.63, 3.8) is 0 Å². The SMILES string of the molecule is CCOc1ccc(/C=C/C(=O)OCC2CCCCO2)cc1OC. The highest BCUT2D eigenvalue weighted by Crippen LogP contribution is 2.28. The molecule has 0 aromatic heterocycles. The second kappa shape index (κ2) is 9.20. The van der Waals surface area contributed by atoms with Gasteiger partial charge < -0.3 is 18.9 Å². The number of hydrogen-bond donors (Lipinski definition) is 0. The fraction of sp³-hybridized carbons (Fsp3) is 0.500. The van der Waals surface area contributed by atoms with Crippen LogP contribution in [0.1, 0.15) is 31.7 Å². The van der Waals surface area contributed by atoms with Crippen LogP contribution in [0, 0.1) is 0 Å². The summed E-state index contributed by atoms with van der Waals surface area (Å²) in [5.41, 5.74) is 0.844. The van der Waals surface area contributed by atoms with Gasteiger partial charge in [-0.1, -0.05) is 6.07 Å². The van der Waals surface area contributed by atoms with Crippen LogP contribution < -0.4 is 9.47 Å². The monoisotopic (exact) mass is 320 g/mol. The van der Waals surface area contributed by atoms with Gasteiger partial charge in [0.05, 0.1) is 19.8 Å². The van der Waals surface area contributed by atoms with E-state index in [1.165, 1.54) is 6.08 Å². The van der Waals surface area contributed by atoms with Gasteiger partial charge in [-0.05, 0) is 50.0 Å². The molecule has 1 heterocycles. The molecule has 126 valence electrons. The number of benzene rings is 1. The maximum atomic E-state index is 11.8. The topological polar surface area (TPSA) is 54.0 Å². The number of rotatable bonds is 7.